The lowest BCUT2D eigenvalue weighted by molar-refractivity contribution is 0.172. The van der Waals surface area contributed by atoms with Crippen LogP contribution in [0.2, 0.25) is 0 Å². The third kappa shape index (κ3) is 3.50. The van der Waals surface area contributed by atoms with Crippen molar-refractivity contribution in [2.45, 2.75) is 26.2 Å². The molecule has 3 N–H and O–H groups in total. The van der Waals surface area contributed by atoms with Gasteiger partial charge in [-0.3, -0.25) is 5.41 Å². The zero-order valence-corrected chi connectivity index (χ0v) is 16.1. The van der Waals surface area contributed by atoms with Crippen molar-refractivity contribution in [2.75, 3.05) is 13.1 Å². The zero-order valence-electron chi connectivity index (χ0n) is 16.1. The minimum atomic E-state index is -0.0197. The van der Waals surface area contributed by atoms with Crippen LogP contribution in [-0.4, -0.2) is 39.4 Å². The van der Waals surface area contributed by atoms with Crippen LogP contribution in [0.15, 0.2) is 48.5 Å². The molecule has 0 aliphatic carbocycles. The Bertz CT molecular complexity index is 1020. The molecule has 1 fully saturated rings. The van der Waals surface area contributed by atoms with E-state index in [4.69, 9.17) is 11.1 Å². The van der Waals surface area contributed by atoms with Crippen molar-refractivity contribution in [3.8, 4) is 0 Å². The number of hydrogen-bond acceptors (Lipinski definition) is 3. The molecule has 0 atom stereocenters. The van der Waals surface area contributed by atoms with Crippen LogP contribution in [-0.2, 0) is 6.42 Å². The molecule has 0 saturated carbocycles. The smallest absolute Gasteiger partial charge is 0.330 e. The number of aryl methyl sites for hydroxylation is 1. The molecule has 28 heavy (non-hydrogen) atoms. The number of hydrogen-bond donors (Lipinski definition) is 2. The van der Waals surface area contributed by atoms with Crippen LogP contribution in [0.5, 0.6) is 0 Å². The first-order chi connectivity index (χ1) is 13.5. The molecule has 2 heterocycles. The fraction of sp³-hybridized carbons (Fsp3) is 0.318. The van der Waals surface area contributed by atoms with Crippen LogP contribution in [0.1, 0.15) is 29.8 Å². The van der Waals surface area contributed by atoms with E-state index in [2.05, 4.69) is 29.2 Å². The molecule has 1 aliphatic rings. The van der Waals surface area contributed by atoms with E-state index in [0.717, 1.165) is 37.9 Å². The van der Waals surface area contributed by atoms with Crippen LogP contribution in [0.4, 0.5) is 4.79 Å². The van der Waals surface area contributed by atoms with Crippen molar-refractivity contribution >= 4 is 22.9 Å². The van der Waals surface area contributed by atoms with Gasteiger partial charge in [-0.25, -0.2) is 14.3 Å². The molecule has 0 bridgehead atoms. The Hall–Kier alpha value is -3.15. The van der Waals surface area contributed by atoms with Gasteiger partial charge in [-0.05, 0) is 55.9 Å². The van der Waals surface area contributed by atoms with E-state index >= 15 is 0 Å². The van der Waals surface area contributed by atoms with Crippen LogP contribution in [0.3, 0.4) is 0 Å². The van der Waals surface area contributed by atoms with Crippen molar-refractivity contribution in [1.29, 1.82) is 5.41 Å². The molecule has 2 aromatic carbocycles. The number of imidazole rings is 1. The minimum absolute atomic E-state index is 0.000850. The van der Waals surface area contributed by atoms with Crippen LogP contribution in [0, 0.1) is 18.3 Å². The van der Waals surface area contributed by atoms with Gasteiger partial charge in [0.15, 0.2) is 0 Å². The third-order valence-electron chi connectivity index (χ3n) is 5.58. The van der Waals surface area contributed by atoms with Gasteiger partial charge in [-0.1, -0.05) is 30.3 Å². The highest BCUT2D eigenvalue weighted by atomic mass is 16.2. The molecule has 0 radical (unpaired) electrons. The van der Waals surface area contributed by atoms with Gasteiger partial charge in [0, 0.05) is 18.7 Å². The Morgan fingerprint density at radius 2 is 1.89 bits per heavy atom. The topological polar surface area (TPSA) is 88.0 Å². The molecule has 3 aromatic rings. The molecule has 1 aromatic heterocycles. The summed E-state index contributed by atoms with van der Waals surface area (Å²) >= 11 is 0. The summed E-state index contributed by atoms with van der Waals surface area (Å²) in [6.07, 6.45) is 3.10. The fourth-order valence-electron chi connectivity index (χ4n) is 4.03. The van der Waals surface area contributed by atoms with Crippen molar-refractivity contribution in [2.24, 2.45) is 11.7 Å². The lowest BCUT2D eigenvalue weighted by Crippen LogP contribution is -2.41. The van der Waals surface area contributed by atoms with Gasteiger partial charge in [0.05, 0.1) is 11.0 Å². The van der Waals surface area contributed by atoms with Gasteiger partial charge < -0.3 is 10.6 Å². The molecule has 6 heteroatoms. The number of likely N-dealkylation sites (tertiary alicyclic amines) is 1. The second kappa shape index (κ2) is 7.46. The molecule has 4 rings (SSSR count). The number of amidine groups is 1. The number of carbonyl (C=O) groups is 1. The summed E-state index contributed by atoms with van der Waals surface area (Å²) in [5.74, 6) is 1.28. The van der Waals surface area contributed by atoms with Crippen molar-refractivity contribution < 1.29 is 4.79 Å². The molecule has 1 saturated heterocycles. The Balaban J connectivity index is 1.48. The van der Waals surface area contributed by atoms with E-state index in [1.54, 1.807) is 16.7 Å². The predicted octanol–water partition coefficient (Wildman–Crippen LogP) is 3.55. The zero-order chi connectivity index (χ0) is 19.7. The van der Waals surface area contributed by atoms with Crippen molar-refractivity contribution in [3.63, 3.8) is 0 Å². The SMILES string of the molecule is Cc1nc2cc(C(=N)N)ccc2n1C(=O)N1CCC(Cc2ccccc2)CC1. The number of nitrogen functional groups attached to an aromatic ring is 1. The first-order valence-corrected chi connectivity index (χ1v) is 9.69. The number of amides is 1. The Labute approximate surface area is 164 Å². The Kier molecular flexibility index (Phi) is 4.86. The van der Waals surface area contributed by atoms with E-state index in [9.17, 15) is 4.79 Å². The first kappa shape index (κ1) is 18.2. The van der Waals surface area contributed by atoms with Gasteiger partial charge >= 0.3 is 6.03 Å². The molecule has 0 unspecified atom stereocenters. The third-order valence-corrected chi connectivity index (χ3v) is 5.58. The van der Waals surface area contributed by atoms with Gasteiger partial charge in [0.1, 0.15) is 11.7 Å². The Morgan fingerprint density at radius 1 is 1.18 bits per heavy atom. The van der Waals surface area contributed by atoms with Crippen LogP contribution in [0.25, 0.3) is 11.0 Å². The summed E-state index contributed by atoms with van der Waals surface area (Å²) < 4.78 is 1.68. The number of nitrogens with zero attached hydrogens (tertiary/aromatic N) is 3. The maximum absolute atomic E-state index is 13.2. The van der Waals surface area contributed by atoms with Gasteiger partial charge in [0.25, 0.3) is 0 Å². The molecular weight excluding hydrogens is 350 g/mol. The van der Waals surface area contributed by atoms with Gasteiger partial charge in [-0.2, -0.15) is 0 Å². The molecule has 144 valence electrons. The number of fused-ring (bicyclic) bond motifs is 1. The highest BCUT2D eigenvalue weighted by molar-refractivity contribution is 5.99. The van der Waals surface area contributed by atoms with Gasteiger partial charge in [-0.15, -0.1) is 0 Å². The average molecular weight is 375 g/mol. The summed E-state index contributed by atoms with van der Waals surface area (Å²) in [6, 6.07) is 15.9. The van der Waals surface area contributed by atoms with E-state index in [1.807, 2.05) is 24.0 Å². The number of piperidine rings is 1. The molecule has 1 aliphatic heterocycles. The summed E-state index contributed by atoms with van der Waals surface area (Å²) in [6.45, 7) is 3.37. The number of nitrogens with one attached hydrogen (secondary N) is 1. The number of aromatic nitrogens is 2. The predicted molar refractivity (Wildman–Crippen MR) is 111 cm³/mol. The standard InChI is InChI=1S/C22H25N5O/c1-15-25-19-14-18(21(23)24)7-8-20(19)27(15)22(28)26-11-9-17(10-12-26)13-16-5-3-2-4-6-16/h2-8,14,17H,9-13H2,1H3,(H3,23,24). The number of nitrogens with two attached hydrogens (primary N) is 1. The lowest BCUT2D eigenvalue weighted by atomic mass is 9.90. The Morgan fingerprint density at radius 3 is 2.57 bits per heavy atom. The molecule has 6 nitrogen and oxygen atoms in total. The normalized spacial score (nSPS) is 15.1. The highest BCUT2D eigenvalue weighted by Gasteiger charge is 2.26. The maximum Gasteiger partial charge on any atom is 0.330 e. The van der Waals surface area contributed by atoms with Crippen molar-refractivity contribution in [3.05, 3.63) is 65.5 Å². The second-order valence-electron chi connectivity index (χ2n) is 7.51. The summed E-state index contributed by atoms with van der Waals surface area (Å²) in [5.41, 5.74) is 9.01. The number of rotatable bonds is 3. The fourth-order valence-corrected chi connectivity index (χ4v) is 4.03. The summed E-state index contributed by atoms with van der Waals surface area (Å²) in [7, 11) is 0. The lowest BCUT2D eigenvalue weighted by Gasteiger charge is -2.32. The van der Waals surface area contributed by atoms with E-state index < -0.39 is 0 Å². The molecular formula is C22H25N5O. The average Bonchev–Trinajstić information content (AvgIpc) is 3.03. The second-order valence-corrected chi connectivity index (χ2v) is 7.51. The maximum atomic E-state index is 13.2. The van der Waals surface area contributed by atoms with Crippen LogP contribution >= 0.6 is 0 Å². The minimum Gasteiger partial charge on any atom is -0.384 e. The van der Waals surface area contributed by atoms with E-state index in [1.165, 1.54) is 5.56 Å². The van der Waals surface area contributed by atoms with E-state index in [-0.39, 0.29) is 11.9 Å². The summed E-state index contributed by atoms with van der Waals surface area (Å²) in [5, 5.41) is 7.58. The van der Waals surface area contributed by atoms with Crippen molar-refractivity contribution in [1.82, 2.24) is 14.5 Å². The highest BCUT2D eigenvalue weighted by Crippen LogP contribution is 2.24. The summed E-state index contributed by atoms with van der Waals surface area (Å²) in [4.78, 5) is 19.6. The van der Waals surface area contributed by atoms with Gasteiger partial charge in [0.2, 0.25) is 0 Å². The first-order valence-electron chi connectivity index (χ1n) is 9.69. The monoisotopic (exact) mass is 375 g/mol. The quantitative estimate of drug-likeness (QED) is 0.542. The number of benzene rings is 2. The largest absolute Gasteiger partial charge is 0.384 e. The van der Waals surface area contributed by atoms with E-state index in [0.29, 0.717) is 22.8 Å². The van der Waals surface area contributed by atoms with Crippen LogP contribution < -0.4 is 5.73 Å². The molecule has 0 spiro atoms. The number of carbonyl (C=O) groups excluding carboxylic acids is 1. The molecule has 1 amide bonds.